The lowest BCUT2D eigenvalue weighted by Crippen LogP contribution is -2.34. The van der Waals surface area contributed by atoms with E-state index in [1.807, 2.05) is 13.8 Å². The second-order valence-corrected chi connectivity index (χ2v) is 7.62. The average Bonchev–Trinajstić information content (AvgIpc) is 2.64. The van der Waals surface area contributed by atoms with Crippen LogP contribution < -0.4 is 10.1 Å². The molecule has 1 aliphatic heterocycles. The van der Waals surface area contributed by atoms with Gasteiger partial charge in [0.1, 0.15) is 0 Å². The van der Waals surface area contributed by atoms with E-state index in [1.165, 1.54) is 0 Å². The van der Waals surface area contributed by atoms with E-state index in [9.17, 15) is 14.7 Å². The number of aromatic hydroxyl groups is 1. The van der Waals surface area contributed by atoms with Crippen molar-refractivity contribution in [2.24, 2.45) is 0 Å². The molecule has 0 saturated heterocycles. The van der Waals surface area contributed by atoms with Gasteiger partial charge >= 0.3 is 5.97 Å². The highest BCUT2D eigenvalue weighted by Gasteiger charge is 2.39. The Morgan fingerprint density at radius 1 is 1.29 bits per heavy atom. The number of ketones is 1. The minimum Gasteiger partial charge on any atom is -0.503 e. The molecular weight excluding hydrogens is 426 g/mol. The zero-order chi connectivity index (χ0) is 20.4. The molecule has 1 atom stereocenters. The number of benzene rings is 1. The van der Waals surface area contributed by atoms with Gasteiger partial charge in [0, 0.05) is 29.3 Å². The standard InChI is InChI=1S/C21H24BrNO5/c1-4-27-16-10-12(9-13(22)20(16)25)18-17(21(26)28-5-2)11(3)23-14-7-6-8-15(24)19(14)18/h9-10,18,23,25H,4-8H2,1-3H3/t18-/m0/s1. The van der Waals surface area contributed by atoms with Crippen LogP contribution >= 0.6 is 15.9 Å². The summed E-state index contributed by atoms with van der Waals surface area (Å²) in [6.07, 6.45) is 1.98. The van der Waals surface area contributed by atoms with Gasteiger partial charge in [0.05, 0.1) is 23.3 Å². The Kier molecular flexibility index (Phi) is 6.13. The fourth-order valence-electron chi connectivity index (χ4n) is 3.82. The van der Waals surface area contributed by atoms with Gasteiger partial charge in [0.2, 0.25) is 0 Å². The van der Waals surface area contributed by atoms with Crippen LogP contribution in [-0.2, 0) is 14.3 Å². The predicted octanol–water partition coefficient (Wildman–Crippen LogP) is 4.08. The van der Waals surface area contributed by atoms with E-state index in [4.69, 9.17) is 9.47 Å². The number of hydrogen-bond donors (Lipinski definition) is 2. The second kappa shape index (κ2) is 8.39. The van der Waals surface area contributed by atoms with Gasteiger partial charge in [-0.15, -0.1) is 0 Å². The van der Waals surface area contributed by atoms with Gasteiger partial charge in [-0.25, -0.2) is 4.79 Å². The van der Waals surface area contributed by atoms with E-state index in [0.29, 0.717) is 45.7 Å². The van der Waals surface area contributed by atoms with Crippen molar-refractivity contribution in [2.45, 2.75) is 46.0 Å². The number of carbonyl (C=O) groups is 2. The minimum atomic E-state index is -0.570. The van der Waals surface area contributed by atoms with Crippen molar-refractivity contribution in [3.05, 3.63) is 44.7 Å². The Morgan fingerprint density at radius 2 is 2.04 bits per heavy atom. The number of Topliss-reactive ketones (excluding diaryl/α,β-unsaturated/α-hetero) is 1. The molecular formula is C21H24BrNO5. The maximum atomic E-state index is 12.8. The summed E-state index contributed by atoms with van der Waals surface area (Å²) in [4.78, 5) is 25.6. The molecule has 3 rings (SSSR count). The Hall–Kier alpha value is -2.28. The molecule has 150 valence electrons. The zero-order valence-electron chi connectivity index (χ0n) is 16.2. The Morgan fingerprint density at radius 3 is 2.71 bits per heavy atom. The number of carbonyl (C=O) groups excluding carboxylic acids is 2. The molecule has 0 amide bonds. The molecule has 1 aromatic rings. The van der Waals surface area contributed by atoms with Gasteiger partial charge in [-0.1, -0.05) is 0 Å². The van der Waals surface area contributed by atoms with Gasteiger partial charge in [-0.05, 0) is 67.2 Å². The summed E-state index contributed by atoms with van der Waals surface area (Å²) in [5, 5.41) is 13.5. The highest BCUT2D eigenvalue weighted by molar-refractivity contribution is 9.10. The van der Waals surface area contributed by atoms with Crippen molar-refractivity contribution >= 4 is 27.7 Å². The lowest BCUT2D eigenvalue weighted by molar-refractivity contribution is -0.138. The van der Waals surface area contributed by atoms with Gasteiger partial charge in [-0.3, -0.25) is 4.79 Å². The number of dihydropyridines is 1. The maximum Gasteiger partial charge on any atom is 0.336 e. The van der Waals surface area contributed by atoms with Gasteiger partial charge in [-0.2, -0.15) is 0 Å². The second-order valence-electron chi connectivity index (χ2n) is 6.77. The Balaban J connectivity index is 2.21. The third-order valence-corrected chi connectivity index (χ3v) is 5.56. The third kappa shape index (κ3) is 3.68. The van der Waals surface area contributed by atoms with Gasteiger partial charge in [0.15, 0.2) is 17.3 Å². The van der Waals surface area contributed by atoms with Crippen molar-refractivity contribution in [1.82, 2.24) is 5.32 Å². The molecule has 1 aliphatic carbocycles. The predicted molar refractivity (Wildman–Crippen MR) is 108 cm³/mol. The smallest absolute Gasteiger partial charge is 0.336 e. The maximum absolute atomic E-state index is 12.8. The number of ether oxygens (including phenoxy) is 2. The molecule has 0 radical (unpaired) electrons. The quantitative estimate of drug-likeness (QED) is 0.658. The summed E-state index contributed by atoms with van der Waals surface area (Å²) in [5.41, 5.74) is 3.24. The lowest BCUT2D eigenvalue weighted by atomic mass is 9.75. The summed E-state index contributed by atoms with van der Waals surface area (Å²) in [6.45, 7) is 6.01. The number of rotatable bonds is 5. The highest BCUT2D eigenvalue weighted by atomic mass is 79.9. The monoisotopic (exact) mass is 449 g/mol. The number of nitrogens with one attached hydrogen (secondary N) is 1. The summed E-state index contributed by atoms with van der Waals surface area (Å²) < 4.78 is 11.3. The molecule has 0 saturated carbocycles. The summed E-state index contributed by atoms with van der Waals surface area (Å²) in [6, 6.07) is 3.42. The SMILES string of the molecule is CCOC(=O)C1=C(C)NC2=C(C(=O)CCC2)[C@H]1c1cc(Br)c(O)c(OCC)c1. The summed E-state index contributed by atoms with van der Waals surface area (Å²) in [7, 11) is 0. The van der Waals surface area contributed by atoms with Gasteiger partial charge in [0.25, 0.3) is 0 Å². The molecule has 28 heavy (non-hydrogen) atoms. The number of halogens is 1. The van der Waals surface area contributed by atoms with Crippen LogP contribution in [0.5, 0.6) is 11.5 Å². The largest absolute Gasteiger partial charge is 0.503 e. The normalized spacial score (nSPS) is 19.3. The topological polar surface area (TPSA) is 84.9 Å². The lowest BCUT2D eigenvalue weighted by Gasteiger charge is -2.34. The third-order valence-electron chi connectivity index (χ3n) is 4.96. The van der Waals surface area contributed by atoms with Gasteiger partial charge < -0.3 is 19.9 Å². The number of phenols is 1. The molecule has 1 aromatic carbocycles. The first-order valence-corrected chi connectivity index (χ1v) is 10.2. The number of hydrogen-bond acceptors (Lipinski definition) is 6. The van der Waals surface area contributed by atoms with Crippen molar-refractivity contribution < 1.29 is 24.2 Å². The van der Waals surface area contributed by atoms with Crippen molar-refractivity contribution in [1.29, 1.82) is 0 Å². The molecule has 0 aromatic heterocycles. The van der Waals surface area contributed by atoms with E-state index in [0.717, 1.165) is 18.5 Å². The van der Waals surface area contributed by atoms with Crippen LogP contribution in [0.4, 0.5) is 0 Å². The van der Waals surface area contributed by atoms with E-state index >= 15 is 0 Å². The summed E-state index contributed by atoms with van der Waals surface area (Å²) in [5.74, 6) is -0.710. The molecule has 7 heteroatoms. The van der Waals surface area contributed by atoms with Crippen LogP contribution in [-0.4, -0.2) is 30.1 Å². The van der Waals surface area contributed by atoms with Crippen LogP contribution in [0.3, 0.4) is 0 Å². The fourth-order valence-corrected chi connectivity index (χ4v) is 4.28. The van der Waals surface area contributed by atoms with Crippen LogP contribution in [0.15, 0.2) is 39.1 Å². The number of phenolic OH excluding ortho intramolecular Hbond substituents is 1. The molecule has 0 bridgehead atoms. The van der Waals surface area contributed by atoms with E-state index in [-0.39, 0.29) is 18.1 Å². The minimum absolute atomic E-state index is 0.0119. The average molecular weight is 450 g/mol. The molecule has 0 unspecified atom stereocenters. The fraction of sp³-hybridized carbons (Fsp3) is 0.429. The van der Waals surface area contributed by atoms with Crippen molar-refractivity contribution in [3.63, 3.8) is 0 Å². The molecule has 1 heterocycles. The molecule has 6 nitrogen and oxygen atoms in total. The molecule has 2 aliphatic rings. The van der Waals surface area contributed by atoms with E-state index in [1.54, 1.807) is 19.1 Å². The highest BCUT2D eigenvalue weighted by Crippen LogP contribution is 2.46. The zero-order valence-corrected chi connectivity index (χ0v) is 17.8. The first-order chi connectivity index (χ1) is 13.4. The Bertz CT molecular complexity index is 887. The van der Waals surface area contributed by atoms with Crippen LogP contribution in [0.1, 0.15) is 51.5 Å². The van der Waals surface area contributed by atoms with Crippen molar-refractivity contribution in [3.8, 4) is 11.5 Å². The Labute approximate surface area is 172 Å². The molecule has 0 fully saturated rings. The summed E-state index contributed by atoms with van der Waals surface area (Å²) >= 11 is 3.36. The number of esters is 1. The van der Waals surface area contributed by atoms with E-state index in [2.05, 4.69) is 21.2 Å². The molecule has 0 spiro atoms. The van der Waals surface area contributed by atoms with Crippen LogP contribution in [0.25, 0.3) is 0 Å². The molecule has 2 N–H and O–H groups in total. The number of allylic oxidation sites excluding steroid dienone is 3. The van der Waals surface area contributed by atoms with E-state index < -0.39 is 11.9 Å². The first kappa shape index (κ1) is 20.5. The van der Waals surface area contributed by atoms with Crippen LogP contribution in [0, 0.1) is 0 Å². The van der Waals surface area contributed by atoms with Crippen LogP contribution in [0.2, 0.25) is 0 Å². The van der Waals surface area contributed by atoms with Crippen molar-refractivity contribution in [2.75, 3.05) is 13.2 Å². The first-order valence-electron chi connectivity index (χ1n) is 9.45.